The molecule has 0 spiro atoms. The van der Waals surface area contributed by atoms with Gasteiger partial charge in [0.25, 0.3) is 0 Å². The quantitative estimate of drug-likeness (QED) is 0.614. The molecule has 5 atom stereocenters. The fourth-order valence-electron chi connectivity index (χ4n) is 5.19. The Kier molecular flexibility index (Phi) is 2.97. The topological polar surface area (TPSA) is 46.5 Å². The van der Waals surface area contributed by atoms with Crippen LogP contribution < -0.4 is 0 Å². The monoisotopic (exact) mass is 250 g/mol. The SMILES string of the molecule is C=CC(=O)OCC12CC(CC1CO)C1CCCC12. The Bertz CT molecular complexity index is 365. The zero-order valence-electron chi connectivity index (χ0n) is 10.8. The molecule has 0 radical (unpaired) electrons. The van der Waals surface area contributed by atoms with E-state index in [-0.39, 0.29) is 18.0 Å². The minimum atomic E-state index is -0.328. The van der Waals surface area contributed by atoms with E-state index >= 15 is 0 Å². The molecule has 3 saturated carbocycles. The minimum Gasteiger partial charge on any atom is -0.462 e. The Morgan fingerprint density at radius 1 is 1.50 bits per heavy atom. The first-order valence-electron chi connectivity index (χ1n) is 7.11. The Hall–Kier alpha value is -0.830. The van der Waals surface area contributed by atoms with Crippen molar-refractivity contribution in [2.24, 2.45) is 29.1 Å². The molecule has 18 heavy (non-hydrogen) atoms. The predicted molar refractivity (Wildman–Crippen MR) is 67.7 cm³/mol. The maximum absolute atomic E-state index is 11.3. The summed E-state index contributed by atoms with van der Waals surface area (Å²) in [6.07, 6.45) is 7.41. The van der Waals surface area contributed by atoms with Crippen LogP contribution in [0.4, 0.5) is 0 Å². The van der Waals surface area contributed by atoms with Gasteiger partial charge < -0.3 is 9.84 Å². The molecule has 3 aliphatic carbocycles. The molecule has 3 rings (SSSR count). The molecule has 0 saturated heterocycles. The third-order valence-corrected chi connectivity index (χ3v) is 5.83. The number of ether oxygens (including phenoxy) is 1. The van der Waals surface area contributed by atoms with E-state index in [2.05, 4.69) is 6.58 Å². The third kappa shape index (κ3) is 1.56. The highest BCUT2D eigenvalue weighted by atomic mass is 16.5. The van der Waals surface area contributed by atoms with Crippen molar-refractivity contribution in [1.82, 2.24) is 0 Å². The third-order valence-electron chi connectivity index (χ3n) is 5.83. The van der Waals surface area contributed by atoms with Crippen LogP contribution in [0.5, 0.6) is 0 Å². The molecule has 5 unspecified atom stereocenters. The summed E-state index contributed by atoms with van der Waals surface area (Å²) >= 11 is 0. The van der Waals surface area contributed by atoms with Gasteiger partial charge in [0.1, 0.15) is 0 Å². The summed E-state index contributed by atoms with van der Waals surface area (Å²) in [5.74, 6) is 2.27. The second-order valence-corrected chi connectivity index (χ2v) is 6.33. The van der Waals surface area contributed by atoms with Crippen molar-refractivity contribution in [2.45, 2.75) is 32.1 Å². The number of rotatable bonds is 4. The predicted octanol–water partition coefficient (Wildman–Crippen LogP) is 2.15. The lowest BCUT2D eigenvalue weighted by molar-refractivity contribution is -0.144. The number of carbonyl (C=O) groups is 1. The molecule has 0 amide bonds. The van der Waals surface area contributed by atoms with Crippen LogP contribution in [0.15, 0.2) is 12.7 Å². The van der Waals surface area contributed by atoms with Gasteiger partial charge in [-0.25, -0.2) is 4.79 Å². The molecular weight excluding hydrogens is 228 g/mol. The normalized spacial score (nSPS) is 44.9. The Labute approximate surface area is 108 Å². The molecule has 3 heteroatoms. The molecule has 0 heterocycles. The van der Waals surface area contributed by atoms with Crippen molar-refractivity contribution in [3.63, 3.8) is 0 Å². The number of aliphatic hydroxyl groups excluding tert-OH is 1. The minimum absolute atomic E-state index is 0.0687. The summed E-state index contributed by atoms with van der Waals surface area (Å²) in [5.41, 5.74) is 0.0687. The second-order valence-electron chi connectivity index (χ2n) is 6.33. The van der Waals surface area contributed by atoms with E-state index in [4.69, 9.17) is 4.74 Å². The van der Waals surface area contributed by atoms with Crippen molar-refractivity contribution < 1.29 is 14.6 Å². The largest absolute Gasteiger partial charge is 0.462 e. The van der Waals surface area contributed by atoms with E-state index in [1.807, 2.05) is 0 Å². The van der Waals surface area contributed by atoms with Crippen LogP contribution in [0.25, 0.3) is 0 Å². The summed E-state index contributed by atoms with van der Waals surface area (Å²) in [5, 5.41) is 9.64. The zero-order valence-corrected chi connectivity index (χ0v) is 10.8. The van der Waals surface area contributed by atoms with Gasteiger partial charge in [-0.1, -0.05) is 13.0 Å². The van der Waals surface area contributed by atoms with Crippen molar-refractivity contribution in [3.8, 4) is 0 Å². The van der Waals surface area contributed by atoms with E-state index in [0.29, 0.717) is 18.4 Å². The smallest absolute Gasteiger partial charge is 0.330 e. The van der Waals surface area contributed by atoms with Crippen molar-refractivity contribution in [1.29, 1.82) is 0 Å². The van der Waals surface area contributed by atoms with Gasteiger partial charge in [-0.2, -0.15) is 0 Å². The van der Waals surface area contributed by atoms with Crippen LogP contribution in [0, 0.1) is 29.1 Å². The van der Waals surface area contributed by atoms with Crippen molar-refractivity contribution in [2.75, 3.05) is 13.2 Å². The summed E-state index contributed by atoms with van der Waals surface area (Å²) in [6.45, 7) is 4.17. The molecule has 0 aromatic heterocycles. The molecule has 2 bridgehead atoms. The maximum atomic E-state index is 11.3. The standard InChI is InChI=1S/C15H22O3/c1-2-14(17)18-9-15-7-10(6-11(15)8-16)12-4-3-5-13(12)15/h2,10-13,16H,1,3-9H2. The molecule has 3 fully saturated rings. The first-order chi connectivity index (χ1) is 8.71. The van der Waals surface area contributed by atoms with Gasteiger partial charge in [-0.15, -0.1) is 0 Å². The first-order valence-corrected chi connectivity index (χ1v) is 7.11. The maximum Gasteiger partial charge on any atom is 0.330 e. The zero-order chi connectivity index (χ0) is 12.8. The lowest BCUT2D eigenvalue weighted by atomic mass is 9.66. The fourth-order valence-corrected chi connectivity index (χ4v) is 5.19. The summed E-state index contributed by atoms with van der Waals surface area (Å²) in [6, 6.07) is 0. The highest BCUT2D eigenvalue weighted by molar-refractivity contribution is 5.81. The Morgan fingerprint density at radius 3 is 3.06 bits per heavy atom. The van der Waals surface area contributed by atoms with Gasteiger partial charge in [-0.3, -0.25) is 0 Å². The van der Waals surface area contributed by atoms with Crippen LogP contribution in [-0.4, -0.2) is 24.3 Å². The number of fused-ring (bicyclic) bond motifs is 5. The highest BCUT2D eigenvalue weighted by Gasteiger charge is 2.63. The van der Waals surface area contributed by atoms with Crippen LogP contribution in [0.1, 0.15) is 32.1 Å². The van der Waals surface area contributed by atoms with Crippen LogP contribution in [0.3, 0.4) is 0 Å². The molecule has 3 aliphatic rings. The molecule has 3 nitrogen and oxygen atoms in total. The van der Waals surface area contributed by atoms with E-state index in [0.717, 1.165) is 24.7 Å². The number of aliphatic hydroxyl groups is 1. The van der Waals surface area contributed by atoms with E-state index < -0.39 is 0 Å². The molecule has 1 N–H and O–H groups in total. The van der Waals surface area contributed by atoms with Gasteiger partial charge in [-0.05, 0) is 49.4 Å². The average Bonchev–Trinajstić information content (AvgIpc) is 3.05. The van der Waals surface area contributed by atoms with Crippen LogP contribution in [-0.2, 0) is 9.53 Å². The van der Waals surface area contributed by atoms with E-state index in [1.165, 1.54) is 25.3 Å². The molecule has 0 aromatic rings. The number of hydrogen-bond acceptors (Lipinski definition) is 3. The summed E-state index contributed by atoms with van der Waals surface area (Å²) in [4.78, 5) is 11.3. The van der Waals surface area contributed by atoms with Gasteiger partial charge in [0.2, 0.25) is 0 Å². The van der Waals surface area contributed by atoms with Crippen molar-refractivity contribution >= 4 is 5.97 Å². The molecule has 0 aliphatic heterocycles. The molecule has 100 valence electrons. The highest BCUT2D eigenvalue weighted by Crippen LogP contribution is 2.67. The van der Waals surface area contributed by atoms with Crippen LogP contribution in [0.2, 0.25) is 0 Å². The van der Waals surface area contributed by atoms with Gasteiger partial charge in [0.15, 0.2) is 0 Å². The number of esters is 1. The lowest BCUT2D eigenvalue weighted by Crippen LogP contribution is -2.41. The number of hydrogen-bond donors (Lipinski definition) is 1. The van der Waals surface area contributed by atoms with Gasteiger partial charge in [0.05, 0.1) is 6.61 Å². The molecular formula is C15H22O3. The Balaban J connectivity index is 1.80. The van der Waals surface area contributed by atoms with Crippen molar-refractivity contribution in [3.05, 3.63) is 12.7 Å². The first kappa shape index (κ1) is 12.2. The van der Waals surface area contributed by atoms with E-state index in [1.54, 1.807) is 0 Å². The van der Waals surface area contributed by atoms with E-state index in [9.17, 15) is 9.90 Å². The summed E-state index contributed by atoms with van der Waals surface area (Å²) in [7, 11) is 0. The number of carbonyl (C=O) groups excluding carboxylic acids is 1. The van der Waals surface area contributed by atoms with Gasteiger partial charge in [0, 0.05) is 18.1 Å². The average molecular weight is 250 g/mol. The summed E-state index contributed by atoms with van der Waals surface area (Å²) < 4.78 is 5.37. The van der Waals surface area contributed by atoms with Crippen LogP contribution >= 0.6 is 0 Å². The van der Waals surface area contributed by atoms with Gasteiger partial charge >= 0.3 is 5.97 Å². The fraction of sp³-hybridized carbons (Fsp3) is 0.800. The lowest BCUT2D eigenvalue weighted by Gasteiger charge is -2.41. The molecule has 0 aromatic carbocycles. The Morgan fingerprint density at radius 2 is 2.33 bits per heavy atom. The second kappa shape index (κ2) is 4.37.